The van der Waals surface area contributed by atoms with Gasteiger partial charge in [0.05, 0.1) is 0 Å². The van der Waals surface area contributed by atoms with E-state index in [1.54, 1.807) is 0 Å². The molecule has 0 aliphatic rings. The lowest BCUT2D eigenvalue weighted by atomic mass is 10.0. The Morgan fingerprint density at radius 1 is 0.577 bits per heavy atom. The zero-order valence-corrected chi connectivity index (χ0v) is 14.3. The van der Waals surface area contributed by atoms with Gasteiger partial charge in [-0.15, -0.1) is 0 Å². The van der Waals surface area contributed by atoms with Gasteiger partial charge >= 0.3 is 0 Å². The molecule has 136 valence electrons. The highest BCUT2D eigenvalue weighted by Gasteiger charge is 2.10. The molecule has 0 radical (unpaired) electrons. The Morgan fingerprint density at radius 3 is 1.27 bits per heavy atom. The van der Waals surface area contributed by atoms with Gasteiger partial charge in [0.15, 0.2) is 11.6 Å². The topological polar surface area (TPSA) is 51.2 Å². The average Bonchev–Trinajstić information content (AvgIpc) is 2.62. The number of ketones is 3. The monoisotopic (exact) mass is 358 g/mol. The van der Waals surface area contributed by atoms with Gasteiger partial charge in [-0.3, -0.25) is 14.4 Å². The quantitative estimate of drug-likeness (QED) is 0.565. The molecule has 0 aliphatic carbocycles. The summed E-state index contributed by atoms with van der Waals surface area (Å²) in [6.07, 6.45) is 1.87. The van der Waals surface area contributed by atoms with Crippen molar-refractivity contribution >= 4 is 17.3 Å². The number of carbonyl (C=O) groups excluding carboxylic acids is 3. The first kappa shape index (κ1) is 19.6. The Hall–Kier alpha value is -2.69. The van der Waals surface area contributed by atoms with Crippen LogP contribution in [0.1, 0.15) is 59.2 Å². The first-order valence-corrected chi connectivity index (χ1v) is 8.55. The molecule has 5 heteroatoms. The van der Waals surface area contributed by atoms with E-state index in [2.05, 4.69) is 0 Å². The Bertz CT molecular complexity index is 699. The predicted octanol–water partition coefficient (Wildman–Crippen LogP) is 4.94. The molecule has 3 nitrogen and oxygen atoms in total. The minimum Gasteiger partial charge on any atom is -0.300 e. The minimum absolute atomic E-state index is 0.00353. The van der Waals surface area contributed by atoms with E-state index in [9.17, 15) is 23.2 Å². The molecule has 0 amide bonds. The normalized spacial score (nSPS) is 10.5. The predicted molar refractivity (Wildman–Crippen MR) is 94.2 cm³/mol. The third-order valence-corrected chi connectivity index (χ3v) is 4.05. The van der Waals surface area contributed by atoms with Crippen molar-refractivity contribution in [1.29, 1.82) is 0 Å². The summed E-state index contributed by atoms with van der Waals surface area (Å²) in [5.41, 5.74) is 0.868. The molecule has 0 N–H and O–H groups in total. The van der Waals surface area contributed by atoms with E-state index in [1.165, 1.54) is 48.5 Å². The molecule has 0 unspecified atom stereocenters. The molecule has 0 saturated heterocycles. The lowest BCUT2D eigenvalue weighted by Gasteiger charge is -2.03. The zero-order valence-electron chi connectivity index (χ0n) is 14.3. The Labute approximate surface area is 151 Å². The molecule has 2 aromatic rings. The van der Waals surface area contributed by atoms with Crippen LogP contribution in [0.15, 0.2) is 48.5 Å². The highest BCUT2D eigenvalue weighted by molar-refractivity contribution is 5.97. The fraction of sp³-hybridized carbons (Fsp3) is 0.286. The fourth-order valence-electron chi connectivity index (χ4n) is 2.58. The Morgan fingerprint density at radius 2 is 0.923 bits per heavy atom. The first-order valence-electron chi connectivity index (χ1n) is 8.55. The highest BCUT2D eigenvalue weighted by atomic mass is 19.1. The van der Waals surface area contributed by atoms with Crippen molar-refractivity contribution in [2.45, 2.75) is 38.5 Å². The highest BCUT2D eigenvalue weighted by Crippen LogP contribution is 2.12. The van der Waals surface area contributed by atoms with Crippen molar-refractivity contribution in [3.8, 4) is 0 Å². The maximum absolute atomic E-state index is 12.8. The van der Waals surface area contributed by atoms with E-state index in [1.807, 2.05) is 0 Å². The van der Waals surface area contributed by atoms with Gasteiger partial charge in [-0.05, 0) is 61.4 Å². The molecule has 0 atom stereocenters. The summed E-state index contributed by atoms with van der Waals surface area (Å²) in [5.74, 6) is -1.03. The standard InChI is InChI=1S/C21H20F2O3/c22-17-11-7-15(8-12-17)20(25)5-1-3-19(24)4-2-6-21(26)16-9-13-18(23)14-10-16/h7-14H,1-6H2. The minimum atomic E-state index is -0.396. The summed E-state index contributed by atoms with van der Waals surface area (Å²) in [6, 6.07) is 10.7. The van der Waals surface area contributed by atoms with Crippen LogP contribution < -0.4 is 0 Å². The zero-order chi connectivity index (χ0) is 18.9. The van der Waals surface area contributed by atoms with Crippen molar-refractivity contribution in [1.82, 2.24) is 0 Å². The van der Waals surface area contributed by atoms with Crippen LogP contribution in [-0.4, -0.2) is 17.3 Å². The number of hydrogen-bond acceptors (Lipinski definition) is 3. The number of carbonyl (C=O) groups is 3. The van der Waals surface area contributed by atoms with Crippen LogP contribution in [0.3, 0.4) is 0 Å². The summed E-state index contributed by atoms with van der Waals surface area (Å²) in [4.78, 5) is 35.7. The summed E-state index contributed by atoms with van der Waals surface area (Å²) < 4.78 is 25.6. The van der Waals surface area contributed by atoms with Crippen LogP contribution in [0, 0.1) is 11.6 Å². The molecule has 2 aromatic carbocycles. The molecule has 0 heterocycles. The number of hydrogen-bond donors (Lipinski definition) is 0. The van der Waals surface area contributed by atoms with E-state index in [0.29, 0.717) is 24.0 Å². The average molecular weight is 358 g/mol. The summed E-state index contributed by atoms with van der Waals surface area (Å²) in [6.45, 7) is 0. The number of rotatable bonds is 10. The van der Waals surface area contributed by atoms with Crippen molar-refractivity contribution in [3.63, 3.8) is 0 Å². The third kappa shape index (κ3) is 6.31. The van der Waals surface area contributed by atoms with E-state index >= 15 is 0 Å². The molecule has 0 spiro atoms. The second-order valence-corrected chi connectivity index (χ2v) is 6.11. The molecule has 0 aliphatic heterocycles. The largest absolute Gasteiger partial charge is 0.300 e. The first-order chi connectivity index (χ1) is 12.5. The van der Waals surface area contributed by atoms with Crippen LogP contribution in [-0.2, 0) is 4.79 Å². The van der Waals surface area contributed by atoms with Crippen LogP contribution in [0.2, 0.25) is 0 Å². The molecule has 0 aromatic heterocycles. The summed E-state index contributed by atoms with van der Waals surface area (Å²) in [5, 5.41) is 0. The van der Waals surface area contributed by atoms with Crippen LogP contribution in [0.5, 0.6) is 0 Å². The molecule has 2 rings (SSSR count). The lowest BCUT2D eigenvalue weighted by molar-refractivity contribution is -0.119. The third-order valence-electron chi connectivity index (χ3n) is 4.05. The van der Waals surface area contributed by atoms with Crippen molar-refractivity contribution in [2.24, 2.45) is 0 Å². The van der Waals surface area contributed by atoms with Crippen molar-refractivity contribution in [2.75, 3.05) is 0 Å². The lowest BCUT2D eigenvalue weighted by Crippen LogP contribution is -2.04. The van der Waals surface area contributed by atoms with Crippen LogP contribution >= 0.6 is 0 Å². The van der Waals surface area contributed by atoms with Gasteiger partial charge in [-0.25, -0.2) is 8.78 Å². The van der Waals surface area contributed by atoms with E-state index < -0.39 is 11.6 Å². The van der Waals surface area contributed by atoms with Crippen LogP contribution in [0.25, 0.3) is 0 Å². The Kier molecular flexibility index (Phi) is 7.33. The van der Waals surface area contributed by atoms with Gasteiger partial charge in [0.1, 0.15) is 17.4 Å². The van der Waals surface area contributed by atoms with E-state index in [4.69, 9.17) is 0 Å². The smallest absolute Gasteiger partial charge is 0.162 e. The maximum Gasteiger partial charge on any atom is 0.162 e. The number of halogens is 2. The van der Waals surface area contributed by atoms with Crippen molar-refractivity contribution in [3.05, 3.63) is 71.3 Å². The molecular weight excluding hydrogens is 338 g/mol. The van der Waals surface area contributed by atoms with E-state index in [-0.39, 0.29) is 43.0 Å². The SMILES string of the molecule is O=C(CCCC(=O)c1ccc(F)cc1)CCCC(=O)c1ccc(F)cc1. The van der Waals surface area contributed by atoms with Crippen molar-refractivity contribution < 1.29 is 23.2 Å². The summed E-state index contributed by atoms with van der Waals surface area (Å²) >= 11 is 0. The van der Waals surface area contributed by atoms with Gasteiger partial charge in [0.2, 0.25) is 0 Å². The molecule has 0 saturated carbocycles. The summed E-state index contributed by atoms with van der Waals surface area (Å²) in [7, 11) is 0. The van der Waals surface area contributed by atoms with Gasteiger partial charge in [-0.1, -0.05) is 0 Å². The van der Waals surface area contributed by atoms with Gasteiger partial charge in [0.25, 0.3) is 0 Å². The molecular formula is C21H20F2O3. The van der Waals surface area contributed by atoms with Crippen LogP contribution in [0.4, 0.5) is 8.78 Å². The molecule has 0 bridgehead atoms. The number of benzene rings is 2. The second kappa shape index (κ2) is 9.70. The van der Waals surface area contributed by atoms with E-state index in [0.717, 1.165) is 0 Å². The number of Topliss-reactive ketones (excluding diaryl/α,β-unsaturated/α-hetero) is 3. The van der Waals surface area contributed by atoms with Gasteiger partial charge in [-0.2, -0.15) is 0 Å². The molecule has 0 fully saturated rings. The fourth-order valence-corrected chi connectivity index (χ4v) is 2.58. The van der Waals surface area contributed by atoms with Gasteiger partial charge in [0, 0.05) is 36.8 Å². The van der Waals surface area contributed by atoms with Gasteiger partial charge < -0.3 is 0 Å². The maximum atomic E-state index is 12.8. The molecule has 26 heavy (non-hydrogen) atoms. The second-order valence-electron chi connectivity index (χ2n) is 6.11. The Balaban J connectivity index is 1.64.